The van der Waals surface area contributed by atoms with Crippen molar-refractivity contribution in [2.45, 2.75) is 25.7 Å². The van der Waals surface area contributed by atoms with Gasteiger partial charge in [-0.3, -0.25) is 4.79 Å². The van der Waals surface area contributed by atoms with Crippen LogP contribution in [0.5, 0.6) is 0 Å². The van der Waals surface area contributed by atoms with Gasteiger partial charge in [0.15, 0.2) is 0 Å². The summed E-state index contributed by atoms with van der Waals surface area (Å²) in [7, 11) is 1.84. The Hall–Kier alpha value is -1.22. The van der Waals surface area contributed by atoms with Gasteiger partial charge >= 0.3 is 0 Å². The van der Waals surface area contributed by atoms with Crippen LogP contribution >= 0.6 is 11.6 Å². The van der Waals surface area contributed by atoms with Gasteiger partial charge in [0.2, 0.25) is 0 Å². The molecule has 20 heavy (non-hydrogen) atoms. The van der Waals surface area contributed by atoms with Gasteiger partial charge in [-0.1, -0.05) is 11.6 Å². The lowest BCUT2D eigenvalue weighted by atomic mass is 10.1. The van der Waals surface area contributed by atoms with Crippen LogP contribution in [0.25, 0.3) is 0 Å². The van der Waals surface area contributed by atoms with Crippen molar-refractivity contribution in [1.82, 2.24) is 4.90 Å². The van der Waals surface area contributed by atoms with E-state index in [9.17, 15) is 4.79 Å². The number of anilines is 1. The summed E-state index contributed by atoms with van der Waals surface area (Å²) >= 11 is 6.06. The summed E-state index contributed by atoms with van der Waals surface area (Å²) in [6.45, 7) is 1.82. The first-order chi connectivity index (χ1) is 9.67. The molecule has 2 aliphatic carbocycles. The average molecular weight is 293 g/mol. The highest BCUT2D eigenvalue weighted by Crippen LogP contribution is 2.35. The molecular weight excluding hydrogens is 272 g/mol. The van der Waals surface area contributed by atoms with Gasteiger partial charge in [-0.05, 0) is 55.7 Å². The normalized spacial score (nSPS) is 17.9. The topological polar surface area (TPSA) is 32.3 Å². The molecular formula is C16H21ClN2O. The first kappa shape index (κ1) is 13.7. The summed E-state index contributed by atoms with van der Waals surface area (Å²) in [6, 6.07) is 5.47. The second-order valence-electron chi connectivity index (χ2n) is 6.04. The van der Waals surface area contributed by atoms with Gasteiger partial charge in [-0.2, -0.15) is 0 Å². The molecule has 3 nitrogen and oxygen atoms in total. The fourth-order valence-corrected chi connectivity index (χ4v) is 2.72. The van der Waals surface area contributed by atoms with E-state index in [1.54, 1.807) is 6.07 Å². The van der Waals surface area contributed by atoms with Crippen LogP contribution < -0.4 is 5.32 Å². The van der Waals surface area contributed by atoms with Crippen LogP contribution in [0.2, 0.25) is 5.02 Å². The van der Waals surface area contributed by atoms with E-state index in [1.165, 1.54) is 25.7 Å². The maximum atomic E-state index is 12.8. The van der Waals surface area contributed by atoms with Crippen molar-refractivity contribution in [1.29, 1.82) is 0 Å². The predicted molar refractivity (Wildman–Crippen MR) is 82.4 cm³/mol. The third-order valence-electron chi connectivity index (χ3n) is 4.12. The van der Waals surface area contributed by atoms with Gasteiger partial charge in [0.05, 0.1) is 5.56 Å². The Labute approximate surface area is 125 Å². The van der Waals surface area contributed by atoms with Crippen LogP contribution in [0.1, 0.15) is 36.0 Å². The van der Waals surface area contributed by atoms with Crippen molar-refractivity contribution < 1.29 is 4.79 Å². The van der Waals surface area contributed by atoms with E-state index in [4.69, 9.17) is 11.6 Å². The van der Waals surface area contributed by atoms with E-state index in [1.807, 2.05) is 24.1 Å². The summed E-state index contributed by atoms with van der Waals surface area (Å²) in [5.74, 6) is 1.56. The Bertz CT molecular complexity index is 495. The lowest BCUT2D eigenvalue weighted by molar-refractivity contribution is 0.0740. The maximum Gasteiger partial charge on any atom is 0.256 e. The largest absolute Gasteiger partial charge is 0.387 e. The number of rotatable bonds is 6. The molecule has 0 heterocycles. The summed E-state index contributed by atoms with van der Waals surface area (Å²) in [4.78, 5) is 14.9. The minimum Gasteiger partial charge on any atom is -0.387 e. The van der Waals surface area contributed by atoms with E-state index < -0.39 is 0 Å². The molecule has 0 atom stereocenters. The number of halogens is 1. The van der Waals surface area contributed by atoms with E-state index in [2.05, 4.69) is 5.32 Å². The number of benzene rings is 1. The van der Waals surface area contributed by atoms with E-state index in [0.29, 0.717) is 10.6 Å². The van der Waals surface area contributed by atoms with Crippen molar-refractivity contribution in [3.63, 3.8) is 0 Å². The van der Waals surface area contributed by atoms with Crippen molar-refractivity contribution >= 4 is 23.2 Å². The molecule has 1 aromatic rings. The van der Waals surface area contributed by atoms with E-state index in [0.717, 1.165) is 30.6 Å². The number of hydrogen-bond donors (Lipinski definition) is 1. The molecule has 0 spiro atoms. The second kappa shape index (κ2) is 5.65. The molecule has 108 valence electrons. The van der Waals surface area contributed by atoms with Crippen LogP contribution in [0.15, 0.2) is 18.2 Å². The maximum absolute atomic E-state index is 12.8. The Kier molecular flexibility index (Phi) is 3.88. The quantitative estimate of drug-likeness (QED) is 0.868. The monoisotopic (exact) mass is 292 g/mol. The molecule has 1 amide bonds. The zero-order valence-corrected chi connectivity index (χ0v) is 12.6. The first-order valence-electron chi connectivity index (χ1n) is 7.44. The molecule has 0 bridgehead atoms. The smallest absolute Gasteiger partial charge is 0.256 e. The number of carbonyl (C=O) groups is 1. The van der Waals surface area contributed by atoms with Crippen LogP contribution in [0, 0.1) is 11.8 Å². The Morgan fingerprint density at radius 2 is 1.85 bits per heavy atom. The van der Waals surface area contributed by atoms with Crippen molar-refractivity contribution in [3.8, 4) is 0 Å². The van der Waals surface area contributed by atoms with Gasteiger partial charge in [0.1, 0.15) is 0 Å². The molecule has 2 aliphatic rings. The van der Waals surface area contributed by atoms with Gasteiger partial charge in [-0.25, -0.2) is 0 Å². The number of carbonyl (C=O) groups excluding carboxylic acids is 1. The predicted octanol–water partition coefficient (Wildman–Crippen LogP) is 3.64. The highest BCUT2D eigenvalue weighted by Gasteiger charge is 2.32. The van der Waals surface area contributed by atoms with Crippen LogP contribution in [0.3, 0.4) is 0 Å². The third kappa shape index (κ3) is 3.26. The lowest BCUT2D eigenvalue weighted by Gasteiger charge is -2.24. The van der Waals surface area contributed by atoms with Crippen molar-refractivity contribution in [3.05, 3.63) is 28.8 Å². The Morgan fingerprint density at radius 1 is 1.25 bits per heavy atom. The van der Waals surface area contributed by atoms with Crippen molar-refractivity contribution in [2.24, 2.45) is 11.8 Å². The SMILES string of the molecule is CNc1ccc(Cl)cc1C(=O)N(CC1CC1)CC1CC1. The number of nitrogens with zero attached hydrogens (tertiary/aromatic N) is 1. The van der Waals surface area contributed by atoms with E-state index in [-0.39, 0.29) is 5.91 Å². The van der Waals surface area contributed by atoms with Gasteiger partial charge in [0, 0.05) is 30.8 Å². The highest BCUT2D eigenvalue weighted by atomic mass is 35.5. The number of amides is 1. The fraction of sp³-hybridized carbons (Fsp3) is 0.562. The second-order valence-corrected chi connectivity index (χ2v) is 6.47. The van der Waals surface area contributed by atoms with E-state index >= 15 is 0 Å². The standard InChI is InChI=1S/C16H21ClN2O/c1-18-15-7-6-13(17)8-14(15)16(20)19(9-11-2-3-11)10-12-4-5-12/h6-8,11-12,18H,2-5,9-10H2,1H3. The molecule has 0 aliphatic heterocycles. The molecule has 0 aromatic heterocycles. The summed E-state index contributed by atoms with van der Waals surface area (Å²) < 4.78 is 0. The Morgan fingerprint density at radius 3 is 2.35 bits per heavy atom. The molecule has 0 unspecified atom stereocenters. The minimum absolute atomic E-state index is 0.121. The summed E-state index contributed by atoms with van der Waals surface area (Å²) in [5, 5.41) is 3.71. The molecule has 1 aromatic carbocycles. The zero-order chi connectivity index (χ0) is 14.1. The number of hydrogen-bond acceptors (Lipinski definition) is 2. The molecule has 4 heteroatoms. The van der Waals surface area contributed by atoms with Gasteiger partial charge in [-0.15, -0.1) is 0 Å². The molecule has 0 radical (unpaired) electrons. The fourth-order valence-electron chi connectivity index (χ4n) is 2.55. The molecule has 1 N–H and O–H groups in total. The Balaban J connectivity index is 1.81. The lowest BCUT2D eigenvalue weighted by Crippen LogP contribution is -2.35. The summed E-state index contributed by atoms with van der Waals surface area (Å²) in [5.41, 5.74) is 1.55. The molecule has 2 saturated carbocycles. The van der Waals surface area contributed by atoms with Crippen LogP contribution in [0.4, 0.5) is 5.69 Å². The van der Waals surface area contributed by atoms with Crippen molar-refractivity contribution in [2.75, 3.05) is 25.5 Å². The third-order valence-corrected chi connectivity index (χ3v) is 4.35. The van der Waals surface area contributed by atoms with Gasteiger partial charge in [0.25, 0.3) is 5.91 Å². The minimum atomic E-state index is 0.121. The zero-order valence-electron chi connectivity index (χ0n) is 11.9. The first-order valence-corrected chi connectivity index (χ1v) is 7.81. The molecule has 3 rings (SSSR count). The molecule has 2 fully saturated rings. The average Bonchev–Trinajstić information content (AvgIpc) is 3.32. The van der Waals surface area contributed by atoms with Crippen LogP contribution in [-0.2, 0) is 0 Å². The summed E-state index contributed by atoms with van der Waals surface area (Å²) in [6.07, 6.45) is 5.07. The van der Waals surface area contributed by atoms with Crippen LogP contribution in [-0.4, -0.2) is 30.9 Å². The number of nitrogens with one attached hydrogen (secondary N) is 1. The highest BCUT2D eigenvalue weighted by molar-refractivity contribution is 6.31. The molecule has 0 saturated heterocycles. The van der Waals surface area contributed by atoms with Gasteiger partial charge < -0.3 is 10.2 Å².